The van der Waals surface area contributed by atoms with Gasteiger partial charge in [0.15, 0.2) is 5.78 Å². The van der Waals surface area contributed by atoms with Crippen LogP contribution in [0.25, 0.3) is 0 Å². The van der Waals surface area contributed by atoms with Gasteiger partial charge < -0.3 is 0 Å². The van der Waals surface area contributed by atoms with Crippen LogP contribution in [0.2, 0.25) is 0 Å². The number of hydrogen-bond acceptors (Lipinski definition) is 6. The smallest absolute Gasteiger partial charge is 0.292 e. The first-order chi connectivity index (χ1) is 12.9. The van der Waals surface area contributed by atoms with Crippen LogP contribution >= 0.6 is 0 Å². The molecule has 1 fully saturated rings. The van der Waals surface area contributed by atoms with Crippen molar-refractivity contribution in [3.63, 3.8) is 0 Å². The molecule has 1 atom stereocenters. The molecule has 10 heteroatoms. The minimum Gasteiger partial charge on any atom is -0.292 e. The van der Waals surface area contributed by atoms with Crippen LogP contribution in [0.15, 0.2) is 18.2 Å². The molecule has 28 heavy (non-hydrogen) atoms. The highest BCUT2D eigenvalue weighted by Gasteiger charge is 2.46. The van der Waals surface area contributed by atoms with Crippen LogP contribution in [0.1, 0.15) is 36.7 Å². The highest BCUT2D eigenvalue weighted by Crippen LogP contribution is 2.34. The number of sulfonamides is 1. The molecule has 0 spiro atoms. The molecule has 0 aliphatic carbocycles. The normalized spacial score (nSPS) is 19.8. The van der Waals surface area contributed by atoms with E-state index in [1.54, 1.807) is 32.9 Å². The van der Waals surface area contributed by atoms with E-state index in [2.05, 4.69) is 0 Å². The molecule has 0 bridgehead atoms. The summed E-state index contributed by atoms with van der Waals surface area (Å²) >= 11 is 0. The van der Waals surface area contributed by atoms with Crippen LogP contribution in [0, 0.1) is 0 Å². The number of anilines is 1. The number of carbonyl (C=O) groups is 4. The molecule has 2 aliphatic rings. The standard InChI is InChI=1S/C18H21N3O6S/c1-10(2)20-17(24)16(23)19(18(20)25)9-15(22)12-5-6-14-13(8-12)7-11(3)21(14)28(4,26)27/h5-6,8,10-11H,7,9H2,1-4H3/t11-/m1/s1. The lowest BCUT2D eigenvalue weighted by atomic mass is 10.0. The topological polar surface area (TPSA) is 112 Å². The third-order valence-corrected chi connectivity index (χ3v) is 6.09. The molecule has 2 heterocycles. The maximum absolute atomic E-state index is 12.6. The van der Waals surface area contributed by atoms with E-state index >= 15 is 0 Å². The summed E-state index contributed by atoms with van der Waals surface area (Å²) in [5.74, 6) is -2.47. The molecule has 2 aliphatic heterocycles. The molecule has 150 valence electrons. The number of urea groups is 1. The number of benzene rings is 1. The van der Waals surface area contributed by atoms with Gasteiger partial charge in [0.1, 0.15) is 0 Å². The van der Waals surface area contributed by atoms with Crippen LogP contribution in [0.5, 0.6) is 0 Å². The van der Waals surface area contributed by atoms with Crippen LogP contribution in [-0.4, -0.2) is 66.7 Å². The number of carbonyl (C=O) groups excluding carboxylic acids is 4. The number of amides is 4. The number of nitrogens with zero attached hydrogens (tertiary/aromatic N) is 3. The van der Waals surface area contributed by atoms with E-state index in [9.17, 15) is 27.6 Å². The Kier molecular flexibility index (Phi) is 4.78. The molecule has 3 rings (SSSR count). The Labute approximate surface area is 162 Å². The van der Waals surface area contributed by atoms with Gasteiger partial charge in [0.25, 0.3) is 0 Å². The lowest BCUT2D eigenvalue weighted by Crippen LogP contribution is -2.39. The molecule has 0 radical (unpaired) electrons. The van der Waals surface area contributed by atoms with Crippen LogP contribution < -0.4 is 4.31 Å². The fraction of sp³-hybridized carbons (Fsp3) is 0.444. The molecule has 1 aromatic rings. The summed E-state index contributed by atoms with van der Waals surface area (Å²) in [7, 11) is -3.44. The second-order valence-electron chi connectivity index (χ2n) is 7.32. The van der Waals surface area contributed by atoms with Gasteiger partial charge in [-0.15, -0.1) is 0 Å². The van der Waals surface area contributed by atoms with E-state index in [-0.39, 0.29) is 11.6 Å². The van der Waals surface area contributed by atoms with Gasteiger partial charge in [-0.1, -0.05) is 0 Å². The van der Waals surface area contributed by atoms with Crippen LogP contribution in [0.4, 0.5) is 10.5 Å². The van der Waals surface area contributed by atoms with Crippen molar-refractivity contribution in [1.82, 2.24) is 9.80 Å². The second-order valence-corrected chi connectivity index (χ2v) is 9.18. The molecule has 1 aromatic carbocycles. The van der Waals surface area contributed by atoms with Crippen molar-refractivity contribution in [3.05, 3.63) is 29.3 Å². The summed E-state index contributed by atoms with van der Waals surface area (Å²) < 4.78 is 25.3. The minimum atomic E-state index is -3.44. The van der Waals surface area contributed by atoms with Gasteiger partial charge in [-0.25, -0.2) is 18.1 Å². The maximum atomic E-state index is 12.6. The second kappa shape index (κ2) is 6.69. The van der Waals surface area contributed by atoms with E-state index in [1.807, 2.05) is 0 Å². The van der Waals surface area contributed by atoms with Crippen molar-refractivity contribution in [2.24, 2.45) is 0 Å². The third kappa shape index (κ3) is 3.17. The van der Waals surface area contributed by atoms with Crippen molar-refractivity contribution in [1.29, 1.82) is 0 Å². The van der Waals surface area contributed by atoms with Crippen molar-refractivity contribution in [2.75, 3.05) is 17.1 Å². The highest BCUT2D eigenvalue weighted by atomic mass is 32.2. The van der Waals surface area contributed by atoms with Gasteiger partial charge in [-0.2, -0.15) is 0 Å². The number of ketones is 1. The summed E-state index contributed by atoms with van der Waals surface area (Å²) in [6, 6.07) is 3.02. The Hall–Kier alpha value is -2.75. The van der Waals surface area contributed by atoms with E-state index in [0.717, 1.165) is 11.2 Å². The van der Waals surface area contributed by atoms with Crippen molar-refractivity contribution >= 4 is 39.3 Å². The average Bonchev–Trinajstić information content (AvgIpc) is 3.02. The molecule has 0 aromatic heterocycles. The molecule has 0 unspecified atom stereocenters. The molecular formula is C18H21N3O6S. The van der Waals surface area contributed by atoms with Crippen molar-refractivity contribution in [3.8, 4) is 0 Å². The maximum Gasteiger partial charge on any atom is 0.334 e. The third-order valence-electron chi connectivity index (χ3n) is 4.81. The minimum absolute atomic E-state index is 0.248. The van der Waals surface area contributed by atoms with Crippen molar-refractivity contribution in [2.45, 2.75) is 39.3 Å². The largest absolute Gasteiger partial charge is 0.334 e. The zero-order valence-electron chi connectivity index (χ0n) is 16.0. The average molecular weight is 407 g/mol. The lowest BCUT2D eigenvalue weighted by Gasteiger charge is -2.22. The van der Waals surface area contributed by atoms with E-state index in [1.165, 1.54) is 10.4 Å². The van der Waals surface area contributed by atoms with E-state index in [0.29, 0.717) is 22.6 Å². The molecule has 9 nitrogen and oxygen atoms in total. The summed E-state index contributed by atoms with van der Waals surface area (Å²) in [6.45, 7) is 4.43. The van der Waals surface area contributed by atoms with Gasteiger partial charge in [0.2, 0.25) is 10.0 Å². The summed E-state index contributed by atoms with van der Waals surface area (Å²) in [5.41, 5.74) is 1.46. The first kappa shape index (κ1) is 20.0. The summed E-state index contributed by atoms with van der Waals surface area (Å²) in [5, 5.41) is 0. The Bertz CT molecular complexity index is 1000. The lowest BCUT2D eigenvalue weighted by molar-refractivity contribution is -0.143. The van der Waals surface area contributed by atoms with Crippen LogP contribution in [0.3, 0.4) is 0 Å². The van der Waals surface area contributed by atoms with Gasteiger partial charge >= 0.3 is 17.8 Å². The highest BCUT2D eigenvalue weighted by molar-refractivity contribution is 7.92. The molecular weight excluding hydrogens is 386 g/mol. The fourth-order valence-corrected chi connectivity index (χ4v) is 4.90. The monoisotopic (exact) mass is 407 g/mol. The molecule has 0 saturated carbocycles. The Balaban J connectivity index is 1.84. The number of hydrogen-bond donors (Lipinski definition) is 0. The number of fused-ring (bicyclic) bond motifs is 1. The first-order valence-electron chi connectivity index (χ1n) is 8.78. The van der Waals surface area contributed by atoms with E-state index in [4.69, 9.17) is 0 Å². The van der Waals surface area contributed by atoms with E-state index < -0.39 is 46.2 Å². The fourth-order valence-electron chi connectivity index (χ4n) is 3.63. The predicted octanol–water partition coefficient (Wildman–Crippen LogP) is 0.779. The zero-order valence-corrected chi connectivity index (χ0v) is 16.8. The number of Topliss-reactive ketones (excluding diaryl/α,β-unsaturated/α-hetero) is 1. The number of rotatable bonds is 5. The Morgan fingerprint density at radius 2 is 1.82 bits per heavy atom. The summed E-state index contributed by atoms with van der Waals surface area (Å²) in [4.78, 5) is 50.4. The van der Waals surface area contributed by atoms with Gasteiger partial charge in [0, 0.05) is 17.6 Å². The predicted molar refractivity (Wildman–Crippen MR) is 100 cm³/mol. The van der Waals surface area contributed by atoms with Crippen LogP contribution in [-0.2, 0) is 26.0 Å². The molecule has 4 amide bonds. The van der Waals surface area contributed by atoms with Gasteiger partial charge in [-0.05, 0) is 51.0 Å². The van der Waals surface area contributed by atoms with Gasteiger partial charge in [-0.3, -0.25) is 23.6 Å². The van der Waals surface area contributed by atoms with Gasteiger partial charge in [0.05, 0.1) is 18.5 Å². The Morgan fingerprint density at radius 3 is 2.36 bits per heavy atom. The summed E-state index contributed by atoms with van der Waals surface area (Å²) in [6.07, 6.45) is 1.57. The number of imide groups is 2. The quantitative estimate of drug-likeness (QED) is 0.405. The SMILES string of the molecule is CC(C)N1C(=O)C(=O)N(CC(=O)c2ccc3c(c2)C[C@@H](C)N3S(C)(=O)=O)C1=O. The molecule has 0 N–H and O–H groups in total. The zero-order chi connectivity index (χ0) is 21.0. The first-order valence-corrected chi connectivity index (χ1v) is 10.6. The Morgan fingerprint density at radius 1 is 1.18 bits per heavy atom. The van der Waals surface area contributed by atoms with Crippen molar-refractivity contribution < 1.29 is 27.6 Å². The molecule has 1 saturated heterocycles.